The molecule has 41 heavy (non-hydrogen) atoms. The quantitative estimate of drug-likeness (QED) is 0.291. The predicted octanol–water partition coefficient (Wildman–Crippen LogP) is 4.81. The molecule has 11 heteroatoms. The average molecular weight is 599 g/mol. The van der Waals surface area contributed by atoms with E-state index >= 15 is 0 Å². The third kappa shape index (κ3) is 7.78. The summed E-state index contributed by atoms with van der Waals surface area (Å²) in [5.74, 6) is 0.543. The molecule has 3 heterocycles. The highest BCUT2D eigenvalue weighted by molar-refractivity contribution is 7.18. The number of halogens is 1. The van der Waals surface area contributed by atoms with Crippen LogP contribution in [0.3, 0.4) is 0 Å². The van der Waals surface area contributed by atoms with Crippen LogP contribution >= 0.6 is 22.9 Å². The summed E-state index contributed by atoms with van der Waals surface area (Å²) in [5, 5.41) is 16.3. The smallest absolute Gasteiger partial charge is 0.267 e. The number of nitrogens with zero attached hydrogens (tertiary/aromatic N) is 2. The Morgan fingerprint density at radius 1 is 1.02 bits per heavy atom. The number of hydrogen-bond donors (Lipinski definition) is 3. The minimum absolute atomic E-state index is 0.140. The normalized spacial score (nSPS) is 17.5. The molecular weight excluding hydrogens is 564 g/mol. The first-order valence-corrected chi connectivity index (χ1v) is 15.0. The zero-order chi connectivity index (χ0) is 28.8. The van der Waals surface area contributed by atoms with Gasteiger partial charge in [0.2, 0.25) is 5.91 Å². The number of carbonyl (C=O) groups is 2. The molecular formula is C30H35ClN4O5S. The Balaban J connectivity index is 1.30. The summed E-state index contributed by atoms with van der Waals surface area (Å²) in [4.78, 5) is 31.9. The first-order chi connectivity index (χ1) is 19.9. The van der Waals surface area contributed by atoms with E-state index in [2.05, 4.69) is 15.5 Å². The topological polar surface area (TPSA) is 103 Å². The first-order valence-electron chi connectivity index (χ1n) is 13.8. The minimum atomic E-state index is -0.416. The van der Waals surface area contributed by atoms with Gasteiger partial charge in [0.25, 0.3) is 5.91 Å². The van der Waals surface area contributed by atoms with Crippen LogP contribution in [0, 0.1) is 0 Å². The number of methoxy groups -OCH3 is 1. The van der Waals surface area contributed by atoms with Crippen LogP contribution in [-0.4, -0.2) is 85.8 Å². The van der Waals surface area contributed by atoms with Gasteiger partial charge in [0.15, 0.2) is 11.5 Å². The van der Waals surface area contributed by atoms with Crippen molar-refractivity contribution in [1.82, 2.24) is 9.80 Å². The molecule has 0 saturated carbocycles. The molecule has 2 aliphatic heterocycles. The monoisotopic (exact) mass is 598 g/mol. The second kappa shape index (κ2) is 13.7. The van der Waals surface area contributed by atoms with Crippen molar-refractivity contribution in [1.29, 1.82) is 0 Å². The lowest BCUT2D eigenvalue weighted by molar-refractivity contribution is -0.117. The number of ether oxygens (including phenoxy) is 2. The van der Waals surface area contributed by atoms with Crippen molar-refractivity contribution < 1.29 is 24.2 Å². The summed E-state index contributed by atoms with van der Waals surface area (Å²) >= 11 is 7.35. The number of anilines is 2. The molecule has 2 amide bonds. The number of carbonyl (C=O) groups excluding carboxylic acids is 2. The molecule has 2 aromatic carbocycles. The molecule has 1 aromatic heterocycles. The Morgan fingerprint density at radius 2 is 1.80 bits per heavy atom. The van der Waals surface area contributed by atoms with Crippen LogP contribution < -0.4 is 20.1 Å². The van der Waals surface area contributed by atoms with Crippen LogP contribution in [0.25, 0.3) is 10.4 Å². The molecule has 0 aliphatic carbocycles. The maximum atomic E-state index is 13.5. The van der Waals surface area contributed by atoms with Crippen LogP contribution in [0.2, 0.25) is 5.02 Å². The number of benzene rings is 2. The Labute approximate surface area is 249 Å². The largest absolute Gasteiger partial charge is 0.493 e. The molecule has 3 N–H and O–H groups in total. The van der Waals surface area contributed by atoms with Gasteiger partial charge in [-0.2, -0.15) is 0 Å². The fourth-order valence-corrected chi connectivity index (χ4v) is 6.24. The second-order valence-electron chi connectivity index (χ2n) is 10.3. The molecule has 218 valence electrons. The van der Waals surface area contributed by atoms with Crippen molar-refractivity contribution in [3.8, 4) is 21.9 Å². The molecule has 5 rings (SSSR count). The highest BCUT2D eigenvalue weighted by Crippen LogP contribution is 2.37. The van der Waals surface area contributed by atoms with E-state index in [-0.39, 0.29) is 18.4 Å². The van der Waals surface area contributed by atoms with Crippen LogP contribution in [0.4, 0.5) is 11.4 Å². The van der Waals surface area contributed by atoms with Gasteiger partial charge in [0, 0.05) is 41.3 Å². The molecule has 3 aromatic rings. The highest BCUT2D eigenvalue weighted by atomic mass is 35.5. The number of amides is 2. The third-order valence-corrected chi connectivity index (χ3v) is 8.68. The van der Waals surface area contributed by atoms with Gasteiger partial charge in [-0.25, -0.2) is 0 Å². The summed E-state index contributed by atoms with van der Waals surface area (Å²) in [6, 6.07) is 14.4. The number of nitrogens with one attached hydrogen (secondary N) is 2. The summed E-state index contributed by atoms with van der Waals surface area (Å²) in [6.07, 6.45) is 2.70. The van der Waals surface area contributed by atoms with Gasteiger partial charge in [-0.3, -0.25) is 19.4 Å². The number of likely N-dealkylation sites (tertiary alicyclic amines) is 2. The number of aliphatic hydroxyl groups excluding tert-OH is 1. The predicted molar refractivity (Wildman–Crippen MR) is 163 cm³/mol. The lowest BCUT2D eigenvalue weighted by Crippen LogP contribution is -2.32. The fraction of sp³-hybridized carbons (Fsp3) is 0.400. The Hall–Kier alpha value is -3.15. The summed E-state index contributed by atoms with van der Waals surface area (Å²) < 4.78 is 11.5. The Morgan fingerprint density at radius 3 is 2.51 bits per heavy atom. The SMILES string of the molecule is COc1cc(NC(=O)c2sc(-c3ccc(Cl)cc3)cc2NC(=O)CN2CC[C@@H](O)C2)ccc1OCCN1CCCC1. The number of thiophene rings is 1. The van der Waals surface area contributed by atoms with Crippen LogP contribution in [0.5, 0.6) is 11.5 Å². The van der Waals surface area contributed by atoms with E-state index in [1.54, 1.807) is 43.5 Å². The maximum Gasteiger partial charge on any atom is 0.267 e. The highest BCUT2D eigenvalue weighted by Gasteiger charge is 2.24. The molecule has 2 saturated heterocycles. The molecule has 9 nitrogen and oxygen atoms in total. The van der Waals surface area contributed by atoms with E-state index in [1.807, 2.05) is 17.0 Å². The number of β-amino-alcohol motifs (C(OH)–C–C–N with tert-alkyl or cyclic N) is 1. The van der Waals surface area contributed by atoms with Crippen LogP contribution in [0.15, 0.2) is 48.5 Å². The minimum Gasteiger partial charge on any atom is -0.493 e. The lowest BCUT2D eigenvalue weighted by atomic mass is 10.2. The maximum absolute atomic E-state index is 13.5. The van der Waals surface area contributed by atoms with E-state index in [4.69, 9.17) is 21.1 Å². The number of hydrogen-bond acceptors (Lipinski definition) is 8. The van der Waals surface area contributed by atoms with Crippen LogP contribution in [-0.2, 0) is 4.79 Å². The van der Waals surface area contributed by atoms with Gasteiger partial charge in [-0.05, 0) is 68.2 Å². The Kier molecular flexibility index (Phi) is 9.79. The molecule has 0 unspecified atom stereocenters. The van der Waals surface area contributed by atoms with Gasteiger partial charge in [0.05, 0.1) is 25.4 Å². The van der Waals surface area contributed by atoms with Gasteiger partial charge in [-0.1, -0.05) is 23.7 Å². The van der Waals surface area contributed by atoms with E-state index in [9.17, 15) is 14.7 Å². The fourth-order valence-electron chi connectivity index (χ4n) is 5.10. The lowest BCUT2D eigenvalue weighted by Gasteiger charge is -2.17. The molecule has 1 atom stereocenters. The van der Waals surface area contributed by atoms with Gasteiger partial charge >= 0.3 is 0 Å². The van der Waals surface area contributed by atoms with Gasteiger partial charge < -0.3 is 25.2 Å². The Bertz CT molecular complexity index is 1360. The van der Waals surface area contributed by atoms with Crippen molar-refractivity contribution in [3.05, 3.63) is 58.4 Å². The molecule has 0 bridgehead atoms. The molecule has 2 aliphatic rings. The van der Waals surface area contributed by atoms with E-state index in [0.29, 0.717) is 58.9 Å². The van der Waals surface area contributed by atoms with Crippen molar-refractivity contribution in [3.63, 3.8) is 0 Å². The molecule has 0 radical (unpaired) electrons. The van der Waals surface area contributed by atoms with E-state index in [0.717, 1.165) is 30.1 Å². The van der Waals surface area contributed by atoms with Crippen molar-refractivity contribution >= 4 is 46.1 Å². The number of rotatable bonds is 11. The zero-order valence-electron chi connectivity index (χ0n) is 23.0. The van der Waals surface area contributed by atoms with Crippen molar-refractivity contribution in [2.45, 2.75) is 25.4 Å². The van der Waals surface area contributed by atoms with E-state index in [1.165, 1.54) is 24.2 Å². The number of aliphatic hydroxyl groups is 1. The molecule has 0 spiro atoms. The summed E-state index contributed by atoms with van der Waals surface area (Å²) in [6.45, 7) is 4.89. The third-order valence-electron chi connectivity index (χ3n) is 7.24. The second-order valence-corrected chi connectivity index (χ2v) is 11.8. The zero-order valence-corrected chi connectivity index (χ0v) is 24.6. The van der Waals surface area contributed by atoms with Crippen molar-refractivity contribution in [2.75, 3.05) is 63.6 Å². The summed E-state index contributed by atoms with van der Waals surface area (Å²) in [5.41, 5.74) is 1.85. The average Bonchev–Trinajstić information content (AvgIpc) is 3.72. The van der Waals surface area contributed by atoms with Crippen molar-refractivity contribution in [2.24, 2.45) is 0 Å². The van der Waals surface area contributed by atoms with Crippen LogP contribution in [0.1, 0.15) is 28.9 Å². The molecule has 2 fully saturated rings. The summed E-state index contributed by atoms with van der Waals surface area (Å²) in [7, 11) is 1.57. The van der Waals surface area contributed by atoms with Gasteiger partial charge in [0.1, 0.15) is 11.5 Å². The van der Waals surface area contributed by atoms with E-state index < -0.39 is 6.10 Å². The van der Waals surface area contributed by atoms with Gasteiger partial charge in [-0.15, -0.1) is 11.3 Å². The standard InChI is InChI=1S/C30H35ClN4O5S/c1-39-26-16-22(8-9-25(26)40-15-14-34-11-2-3-12-34)32-30(38)29-24(33-28(37)19-35-13-10-23(36)18-35)17-27(41-29)20-4-6-21(31)7-5-20/h4-9,16-17,23,36H,2-3,10-15,18-19H2,1H3,(H,32,38)(H,33,37)/t23-/m1/s1. The first kappa shape index (κ1) is 29.3.